The van der Waals surface area contributed by atoms with Crippen molar-refractivity contribution >= 4 is 10.8 Å². The van der Waals surface area contributed by atoms with Gasteiger partial charge in [-0.3, -0.25) is 4.21 Å². The molecule has 0 fully saturated rings. The molecule has 0 amide bonds. The molecule has 0 rings (SSSR count). The van der Waals surface area contributed by atoms with Crippen molar-refractivity contribution in [2.45, 2.75) is 45.3 Å². The van der Waals surface area contributed by atoms with Gasteiger partial charge in [0.15, 0.2) is 0 Å². The molecule has 0 bridgehead atoms. The second-order valence-electron chi connectivity index (χ2n) is 3.40. The summed E-state index contributed by atoms with van der Waals surface area (Å²) in [5, 5.41) is 0.379. The van der Waals surface area contributed by atoms with Crippen molar-refractivity contribution in [1.29, 1.82) is 0 Å². The van der Waals surface area contributed by atoms with Crippen LogP contribution >= 0.6 is 0 Å². The van der Waals surface area contributed by atoms with E-state index in [9.17, 15) is 4.21 Å². The highest BCUT2D eigenvalue weighted by atomic mass is 32.2. The third-order valence-electron chi connectivity index (χ3n) is 2.33. The lowest BCUT2D eigenvalue weighted by atomic mass is 10.0. The van der Waals surface area contributed by atoms with Crippen LogP contribution in [0.5, 0.6) is 0 Å². The van der Waals surface area contributed by atoms with Crippen LogP contribution in [0.25, 0.3) is 0 Å². The Morgan fingerprint density at radius 3 is 2.18 bits per heavy atom. The molecule has 0 aliphatic rings. The largest absolute Gasteiger partial charge is 0.260 e. The Balaban J connectivity index is 3.45. The molecule has 0 aliphatic heterocycles. The molecule has 2 heteroatoms. The van der Waals surface area contributed by atoms with Crippen molar-refractivity contribution in [3.63, 3.8) is 0 Å². The maximum absolute atomic E-state index is 11.0. The Hall–Kier alpha value is 0.150. The van der Waals surface area contributed by atoms with E-state index in [4.69, 9.17) is 0 Å². The molecule has 0 aliphatic carbocycles. The van der Waals surface area contributed by atoms with E-state index in [0.717, 1.165) is 12.3 Å². The lowest BCUT2D eigenvalue weighted by Gasteiger charge is -2.11. The Bertz CT molecular complexity index is 123. The van der Waals surface area contributed by atoms with Crippen LogP contribution < -0.4 is 0 Å². The first-order valence-corrected chi connectivity index (χ1v) is 6.02. The lowest BCUT2D eigenvalue weighted by molar-refractivity contribution is 0.492. The van der Waals surface area contributed by atoms with Gasteiger partial charge >= 0.3 is 0 Å². The van der Waals surface area contributed by atoms with Crippen LogP contribution in [0, 0.1) is 5.92 Å². The highest BCUT2D eigenvalue weighted by Gasteiger charge is 2.07. The van der Waals surface area contributed by atoms with E-state index in [1.807, 2.05) is 0 Å². The summed E-state index contributed by atoms with van der Waals surface area (Å²) in [6.07, 6.45) is 5.36. The lowest BCUT2D eigenvalue weighted by Crippen LogP contribution is -2.10. The van der Waals surface area contributed by atoms with Gasteiger partial charge < -0.3 is 0 Å². The molecule has 0 aromatic carbocycles. The molecular weight excluding hydrogens is 156 g/mol. The van der Waals surface area contributed by atoms with Gasteiger partial charge in [0.2, 0.25) is 0 Å². The van der Waals surface area contributed by atoms with Gasteiger partial charge in [0.1, 0.15) is 0 Å². The molecule has 11 heavy (non-hydrogen) atoms. The SMILES string of the molecule is CCC(C)CCC(C)S(C)=O. The van der Waals surface area contributed by atoms with Crippen molar-refractivity contribution < 1.29 is 4.21 Å². The van der Waals surface area contributed by atoms with E-state index in [-0.39, 0.29) is 0 Å². The monoisotopic (exact) mass is 176 g/mol. The summed E-state index contributed by atoms with van der Waals surface area (Å²) in [5.74, 6) is 0.793. The van der Waals surface area contributed by atoms with Gasteiger partial charge in [-0.25, -0.2) is 0 Å². The van der Waals surface area contributed by atoms with E-state index >= 15 is 0 Å². The average Bonchev–Trinajstić information content (AvgIpc) is 1.99. The Kier molecular flexibility index (Phi) is 5.83. The Morgan fingerprint density at radius 2 is 1.82 bits per heavy atom. The van der Waals surface area contributed by atoms with Gasteiger partial charge in [-0.2, -0.15) is 0 Å². The van der Waals surface area contributed by atoms with Crippen LogP contribution in [0.3, 0.4) is 0 Å². The average molecular weight is 176 g/mol. The molecule has 0 heterocycles. The van der Waals surface area contributed by atoms with Crippen LogP contribution in [-0.2, 0) is 10.8 Å². The van der Waals surface area contributed by atoms with Gasteiger partial charge in [-0.05, 0) is 18.8 Å². The zero-order chi connectivity index (χ0) is 8.85. The van der Waals surface area contributed by atoms with Gasteiger partial charge in [-0.15, -0.1) is 0 Å². The fourth-order valence-electron chi connectivity index (χ4n) is 0.889. The van der Waals surface area contributed by atoms with Crippen LogP contribution in [0.15, 0.2) is 0 Å². The van der Waals surface area contributed by atoms with Gasteiger partial charge in [-0.1, -0.05) is 27.2 Å². The Labute approximate surface area is 73.0 Å². The molecule has 0 spiro atoms. The quantitative estimate of drug-likeness (QED) is 0.629. The third-order valence-corrected chi connectivity index (χ3v) is 3.70. The summed E-state index contributed by atoms with van der Waals surface area (Å²) in [4.78, 5) is 0. The first-order chi connectivity index (χ1) is 5.07. The van der Waals surface area contributed by atoms with E-state index in [1.165, 1.54) is 12.8 Å². The summed E-state index contributed by atoms with van der Waals surface area (Å²) in [5.41, 5.74) is 0. The fourth-order valence-corrected chi connectivity index (χ4v) is 1.36. The molecule has 1 nitrogen and oxygen atoms in total. The smallest absolute Gasteiger partial charge is 0.0317 e. The second kappa shape index (κ2) is 5.76. The molecular formula is C9H20OS. The molecule has 0 N–H and O–H groups in total. The molecule has 68 valence electrons. The molecule has 3 unspecified atom stereocenters. The maximum atomic E-state index is 11.0. The standard InChI is InChI=1S/C9H20OS/c1-5-8(2)6-7-9(3)11(4)10/h8-9H,5-7H2,1-4H3. The Morgan fingerprint density at radius 1 is 1.27 bits per heavy atom. The van der Waals surface area contributed by atoms with Crippen LogP contribution in [0.4, 0.5) is 0 Å². The van der Waals surface area contributed by atoms with Crippen LogP contribution in [0.2, 0.25) is 0 Å². The van der Waals surface area contributed by atoms with Crippen molar-refractivity contribution in [3.8, 4) is 0 Å². The van der Waals surface area contributed by atoms with E-state index in [0.29, 0.717) is 5.25 Å². The summed E-state index contributed by atoms with van der Waals surface area (Å²) < 4.78 is 11.0. The molecule has 0 saturated carbocycles. The van der Waals surface area contributed by atoms with Crippen molar-refractivity contribution in [3.05, 3.63) is 0 Å². The minimum absolute atomic E-state index is 0.379. The third kappa shape index (κ3) is 5.42. The summed E-state index contributed by atoms with van der Waals surface area (Å²) >= 11 is 0. The number of rotatable bonds is 5. The van der Waals surface area contributed by atoms with E-state index < -0.39 is 10.8 Å². The maximum Gasteiger partial charge on any atom is 0.0317 e. The highest BCUT2D eigenvalue weighted by molar-refractivity contribution is 7.84. The highest BCUT2D eigenvalue weighted by Crippen LogP contribution is 2.13. The zero-order valence-corrected chi connectivity index (χ0v) is 8.91. The predicted octanol–water partition coefficient (Wildman–Crippen LogP) is 2.58. The van der Waals surface area contributed by atoms with Crippen molar-refractivity contribution in [2.75, 3.05) is 6.26 Å². The molecule has 0 aromatic rings. The van der Waals surface area contributed by atoms with Crippen molar-refractivity contribution in [2.24, 2.45) is 5.92 Å². The molecule has 0 saturated heterocycles. The predicted molar refractivity (Wildman–Crippen MR) is 52.2 cm³/mol. The second-order valence-corrected chi connectivity index (χ2v) is 5.20. The zero-order valence-electron chi connectivity index (χ0n) is 8.09. The number of hydrogen-bond acceptors (Lipinski definition) is 1. The normalized spacial score (nSPS) is 19.3. The first kappa shape index (κ1) is 11.2. The molecule has 0 radical (unpaired) electrons. The van der Waals surface area contributed by atoms with E-state index in [1.54, 1.807) is 6.26 Å². The fraction of sp³-hybridized carbons (Fsp3) is 1.00. The summed E-state index contributed by atoms with van der Waals surface area (Å²) in [6.45, 7) is 6.53. The topological polar surface area (TPSA) is 17.1 Å². The van der Waals surface area contributed by atoms with Gasteiger partial charge in [0.25, 0.3) is 0 Å². The summed E-state index contributed by atoms with van der Waals surface area (Å²) in [7, 11) is -0.629. The van der Waals surface area contributed by atoms with Gasteiger partial charge in [0.05, 0.1) is 0 Å². The van der Waals surface area contributed by atoms with E-state index in [2.05, 4.69) is 20.8 Å². The van der Waals surface area contributed by atoms with Crippen molar-refractivity contribution in [1.82, 2.24) is 0 Å². The van der Waals surface area contributed by atoms with Crippen LogP contribution in [-0.4, -0.2) is 15.7 Å². The minimum Gasteiger partial charge on any atom is -0.260 e. The number of hydrogen-bond donors (Lipinski definition) is 0. The van der Waals surface area contributed by atoms with Crippen LogP contribution in [0.1, 0.15) is 40.0 Å². The molecule has 0 aromatic heterocycles. The summed E-state index contributed by atoms with van der Waals surface area (Å²) in [6, 6.07) is 0. The van der Waals surface area contributed by atoms with Gasteiger partial charge in [0, 0.05) is 22.3 Å². The minimum atomic E-state index is -0.629. The molecule has 3 atom stereocenters. The first-order valence-electron chi connectivity index (χ1n) is 4.40.